The number of ether oxygens (including phenoxy) is 2. The highest BCUT2D eigenvalue weighted by molar-refractivity contribution is 7.86. The predicted molar refractivity (Wildman–Crippen MR) is 175 cm³/mol. The van der Waals surface area contributed by atoms with Crippen LogP contribution in [0, 0.1) is 6.92 Å². The Labute approximate surface area is 270 Å². The summed E-state index contributed by atoms with van der Waals surface area (Å²) in [6, 6.07) is 15.0. The third-order valence-electron chi connectivity index (χ3n) is 7.66. The van der Waals surface area contributed by atoms with Gasteiger partial charge in [0.15, 0.2) is 6.10 Å². The molecule has 0 heterocycles. The first-order chi connectivity index (χ1) is 21.7. The lowest BCUT2D eigenvalue weighted by molar-refractivity contribution is -0.156. The average molecular weight is 648 g/mol. The highest BCUT2D eigenvalue weighted by Crippen LogP contribution is 2.21. The molecule has 252 valence electrons. The van der Waals surface area contributed by atoms with E-state index in [-0.39, 0.29) is 37.0 Å². The number of esters is 1. The number of hydrogen-bond donors (Lipinski definition) is 2. The van der Waals surface area contributed by atoms with Crippen LogP contribution in [0.25, 0.3) is 0 Å². The molecule has 0 radical (unpaired) electrons. The smallest absolute Gasteiger partial charge is 0.407 e. The van der Waals surface area contributed by atoms with E-state index in [1.54, 1.807) is 19.1 Å². The lowest BCUT2D eigenvalue weighted by Gasteiger charge is -2.24. The zero-order valence-electron chi connectivity index (χ0n) is 27.2. The largest absolute Gasteiger partial charge is 0.464 e. The molecule has 0 bridgehead atoms. The van der Waals surface area contributed by atoms with Crippen LogP contribution in [-0.2, 0) is 35.2 Å². The number of amides is 1. The van der Waals surface area contributed by atoms with Gasteiger partial charge in [-0.05, 0) is 50.8 Å². The second-order valence-corrected chi connectivity index (χ2v) is 13.1. The molecule has 2 aromatic carbocycles. The molecule has 0 aliphatic carbocycles. The van der Waals surface area contributed by atoms with Crippen LogP contribution in [0.4, 0.5) is 4.79 Å². The van der Waals surface area contributed by atoms with Crippen LogP contribution in [0.15, 0.2) is 59.5 Å². The fourth-order valence-electron chi connectivity index (χ4n) is 5.00. The van der Waals surface area contributed by atoms with Crippen molar-refractivity contribution in [3.63, 3.8) is 0 Å². The topological polar surface area (TPSA) is 128 Å². The quantitative estimate of drug-likeness (QED) is 0.0727. The Morgan fingerprint density at radius 1 is 0.778 bits per heavy atom. The van der Waals surface area contributed by atoms with Crippen molar-refractivity contribution in [3.8, 4) is 0 Å². The normalized spacial score (nSPS) is 13.5. The van der Waals surface area contributed by atoms with Gasteiger partial charge in [0.2, 0.25) is 0 Å². The van der Waals surface area contributed by atoms with Crippen LogP contribution >= 0.6 is 0 Å². The lowest BCUT2D eigenvalue weighted by Crippen LogP contribution is -2.41. The number of hydrogen-bond acceptors (Lipinski definition) is 8. The van der Waals surface area contributed by atoms with E-state index < -0.39 is 34.4 Å². The molecule has 0 aliphatic heterocycles. The van der Waals surface area contributed by atoms with Crippen molar-refractivity contribution in [3.05, 3.63) is 65.7 Å². The van der Waals surface area contributed by atoms with Crippen molar-refractivity contribution in [2.24, 2.45) is 0 Å². The summed E-state index contributed by atoms with van der Waals surface area (Å²) in [6.07, 6.45) is 8.90. The van der Waals surface area contributed by atoms with Crippen LogP contribution in [-0.4, -0.2) is 50.4 Å². The minimum absolute atomic E-state index is 0.00566. The van der Waals surface area contributed by atoms with E-state index in [2.05, 4.69) is 12.2 Å². The number of alkyl carbamates (subject to hydrolysis) is 1. The van der Waals surface area contributed by atoms with Crippen LogP contribution in [0.3, 0.4) is 0 Å². The SMILES string of the molecule is CCCCCCCCCCCC[C@@H](CC[C@@H](O)[C@H](OS(=O)(=O)c1ccc(C)cc1)C(=O)OCC)NC(=O)OCc1ccccc1. The summed E-state index contributed by atoms with van der Waals surface area (Å²) < 4.78 is 41.6. The van der Waals surface area contributed by atoms with Crippen molar-refractivity contribution < 1.29 is 36.8 Å². The predicted octanol–water partition coefficient (Wildman–Crippen LogP) is 7.38. The Kier molecular flexibility index (Phi) is 18.5. The average Bonchev–Trinajstić information content (AvgIpc) is 3.03. The first kappa shape index (κ1) is 38.2. The highest BCUT2D eigenvalue weighted by atomic mass is 32.2. The molecule has 2 aromatic rings. The standard InChI is InChI=1S/C35H53NO8S/c1-4-6-7-8-9-10-11-12-13-17-20-30(36-35(39)43-27-29-18-15-14-16-19-29)23-26-32(37)33(34(38)42-5-2)44-45(40,41)31-24-21-28(3)22-25-31/h14-16,18-19,21-22,24-25,30,32-33,37H,4-13,17,20,23,26-27H2,1-3H3,(H,36,39)/t30-,32+,33-/m0/s1. The zero-order chi connectivity index (χ0) is 32.9. The van der Waals surface area contributed by atoms with Gasteiger partial charge in [0, 0.05) is 6.04 Å². The number of nitrogens with one attached hydrogen (secondary N) is 1. The van der Waals surface area contributed by atoms with Crippen molar-refractivity contribution in [2.45, 2.75) is 134 Å². The molecular formula is C35H53NO8S. The number of carbonyl (C=O) groups is 2. The maximum atomic E-state index is 12.9. The number of unbranched alkanes of at least 4 members (excludes halogenated alkanes) is 9. The molecule has 0 unspecified atom stereocenters. The maximum absolute atomic E-state index is 12.9. The van der Waals surface area contributed by atoms with Gasteiger partial charge < -0.3 is 19.9 Å². The third kappa shape index (κ3) is 15.7. The van der Waals surface area contributed by atoms with Gasteiger partial charge in [-0.3, -0.25) is 0 Å². The summed E-state index contributed by atoms with van der Waals surface area (Å²) in [7, 11) is -4.36. The van der Waals surface area contributed by atoms with E-state index in [0.29, 0.717) is 6.42 Å². The van der Waals surface area contributed by atoms with Gasteiger partial charge in [-0.25, -0.2) is 13.8 Å². The van der Waals surface area contributed by atoms with Gasteiger partial charge >= 0.3 is 12.1 Å². The van der Waals surface area contributed by atoms with E-state index in [1.165, 1.54) is 57.1 Å². The molecule has 45 heavy (non-hydrogen) atoms. The molecule has 0 aromatic heterocycles. The summed E-state index contributed by atoms with van der Waals surface area (Å²) in [5.74, 6) is -0.970. The van der Waals surface area contributed by atoms with Gasteiger partial charge in [0.25, 0.3) is 10.1 Å². The summed E-state index contributed by atoms with van der Waals surface area (Å²) in [5.41, 5.74) is 1.72. The second kappa shape index (κ2) is 21.7. The molecule has 0 aliphatic rings. The number of benzene rings is 2. The van der Waals surface area contributed by atoms with Gasteiger partial charge in [-0.15, -0.1) is 0 Å². The molecule has 2 N–H and O–H groups in total. The molecule has 3 atom stereocenters. The van der Waals surface area contributed by atoms with E-state index in [9.17, 15) is 23.1 Å². The van der Waals surface area contributed by atoms with Crippen LogP contribution in [0.5, 0.6) is 0 Å². The Balaban J connectivity index is 1.99. The van der Waals surface area contributed by atoms with Crippen molar-refractivity contribution >= 4 is 22.2 Å². The number of aliphatic hydroxyl groups is 1. The first-order valence-corrected chi connectivity index (χ1v) is 17.9. The molecule has 1 amide bonds. The fourth-order valence-corrected chi connectivity index (χ4v) is 6.06. The Morgan fingerprint density at radius 3 is 1.98 bits per heavy atom. The van der Waals surface area contributed by atoms with Crippen LogP contribution in [0.2, 0.25) is 0 Å². The zero-order valence-corrected chi connectivity index (χ0v) is 28.1. The van der Waals surface area contributed by atoms with E-state index in [4.69, 9.17) is 13.7 Å². The highest BCUT2D eigenvalue weighted by Gasteiger charge is 2.35. The van der Waals surface area contributed by atoms with E-state index in [0.717, 1.165) is 30.4 Å². The first-order valence-electron chi connectivity index (χ1n) is 16.5. The molecule has 0 saturated carbocycles. The van der Waals surface area contributed by atoms with Gasteiger partial charge in [0.05, 0.1) is 17.6 Å². The van der Waals surface area contributed by atoms with Crippen molar-refractivity contribution in [2.75, 3.05) is 6.61 Å². The van der Waals surface area contributed by atoms with E-state index in [1.807, 2.05) is 37.3 Å². The number of carbonyl (C=O) groups excluding carboxylic acids is 2. The molecular weight excluding hydrogens is 594 g/mol. The Morgan fingerprint density at radius 2 is 1.38 bits per heavy atom. The van der Waals surface area contributed by atoms with Gasteiger partial charge in [-0.1, -0.05) is 119 Å². The Bertz CT molecular complexity index is 1200. The lowest BCUT2D eigenvalue weighted by atomic mass is 9.99. The van der Waals surface area contributed by atoms with Gasteiger partial charge in [-0.2, -0.15) is 8.42 Å². The molecule has 9 nitrogen and oxygen atoms in total. The molecule has 0 saturated heterocycles. The summed E-state index contributed by atoms with van der Waals surface area (Å²) >= 11 is 0. The molecule has 10 heteroatoms. The van der Waals surface area contributed by atoms with Gasteiger partial charge in [0.1, 0.15) is 6.61 Å². The van der Waals surface area contributed by atoms with Crippen LogP contribution in [0.1, 0.15) is 108 Å². The minimum Gasteiger partial charge on any atom is -0.464 e. The fraction of sp³-hybridized carbons (Fsp3) is 0.600. The summed E-state index contributed by atoms with van der Waals surface area (Å²) in [4.78, 5) is 25.2. The summed E-state index contributed by atoms with van der Waals surface area (Å²) in [5, 5.41) is 13.9. The van der Waals surface area contributed by atoms with Crippen molar-refractivity contribution in [1.82, 2.24) is 5.32 Å². The minimum atomic E-state index is -4.36. The second-order valence-electron chi connectivity index (χ2n) is 11.6. The number of rotatable bonds is 23. The third-order valence-corrected chi connectivity index (χ3v) is 8.97. The molecule has 0 spiro atoms. The Hall–Kier alpha value is -2.95. The molecule has 0 fully saturated rings. The number of aliphatic hydroxyl groups excluding tert-OH is 1. The summed E-state index contributed by atoms with van der Waals surface area (Å²) in [6.45, 7) is 5.74. The van der Waals surface area contributed by atoms with E-state index >= 15 is 0 Å². The van der Waals surface area contributed by atoms with Crippen molar-refractivity contribution in [1.29, 1.82) is 0 Å². The van der Waals surface area contributed by atoms with Crippen LogP contribution < -0.4 is 5.32 Å². The maximum Gasteiger partial charge on any atom is 0.407 e. The monoisotopic (exact) mass is 647 g/mol. The number of aryl methyl sites for hydroxylation is 1. The molecule has 2 rings (SSSR count).